The molecule has 1 aliphatic rings. The fourth-order valence-corrected chi connectivity index (χ4v) is 3.89. The fraction of sp³-hybridized carbons (Fsp3) is 0.0909. The number of rotatable bonds is 5. The molecule has 0 radical (unpaired) electrons. The number of aliphatic hydroxyl groups is 1. The Hall–Kier alpha value is -3.95. The van der Waals surface area contributed by atoms with Crippen molar-refractivity contribution in [2.45, 2.75) is 6.10 Å². The zero-order valence-corrected chi connectivity index (χ0v) is 17.2. The third-order valence-electron chi connectivity index (χ3n) is 5.25. The van der Waals surface area contributed by atoms with Gasteiger partial charge in [0.25, 0.3) is 17.4 Å². The quantitative estimate of drug-likeness (QED) is 0.297. The van der Waals surface area contributed by atoms with Crippen LogP contribution in [0.4, 0.5) is 5.69 Å². The Labute approximate surface area is 185 Å². The molecule has 5 N–H and O–H groups in total. The Balaban J connectivity index is 1.49. The summed E-state index contributed by atoms with van der Waals surface area (Å²) in [4.78, 5) is 46.6. The number of aromatic amines is 2. The highest BCUT2D eigenvalue weighted by molar-refractivity contribution is 6.30. The van der Waals surface area contributed by atoms with Gasteiger partial charge < -0.3 is 20.4 Å². The van der Waals surface area contributed by atoms with Gasteiger partial charge in [0.05, 0.1) is 34.0 Å². The number of carbonyl (C=O) groups is 2. The van der Waals surface area contributed by atoms with Gasteiger partial charge in [0.2, 0.25) is 0 Å². The summed E-state index contributed by atoms with van der Waals surface area (Å²) in [6, 6.07) is 11.6. The molecule has 0 saturated heterocycles. The van der Waals surface area contributed by atoms with Crippen molar-refractivity contribution in [1.82, 2.24) is 20.3 Å². The minimum absolute atomic E-state index is 0.125. The molecule has 1 atom stereocenters. The van der Waals surface area contributed by atoms with Crippen LogP contribution in [0.3, 0.4) is 0 Å². The number of nitrogens with zero attached hydrogens (tertiary/aromatic N) is 1. The second-order valence-corrected chi connectivity index (χ2v) is 7.77. The summed E-state index contributed by atoms with van der Waals surface area (Å²) in [5.74, 6) is -0.692. The minimum Gasteiger partial charge on any atom is -0.387 e. The molecule has 10 heteroatoms. The van der Waals surface area contributed by atoms with Gasteiger partial charge in [-0.25, -0.2) is 4.98 Å². The lowest BCUT2D eigenvalue weighted by Gasteiger charge is -2.15. The van der Waals surface area contributed by atoms with E-state index in [1.165, 1.54) is 18.3 Å². The van der Waals surface area contributed by atoms with Crippen LogP contribution in [0.2, 0.25) is 5.02 Å². The van der Waals surface area contributed by atoms with E-state index >= 15 is 0 Å². The summed E-state index contributed by atoms with van der Waals surface area (Å²) in [6.07, 6.45) is 0.629. The molecule has 3 heterocycles. The van der Waals surface area contributed by atoms with E-state index in [9.17, 15) is 19.5 Å². The van der Waals surface area contributed by atoms with Crippen molar-refractivity contribution in [2.75, 3.05) is 11.9 Å². The highest BCUT2D eigenvalue weighted by Gasteiger charge is 2.28. The molecule has 0 saturated carbocycles. The van der Waals surface area contributed by atoms with Crippen LogP contribution in [0.5, 0.6) is 0 Å². The highest BCUT2D eigenvalue weighted by atomic mass is 35.5. The second kappa shape index (κ2) is 7.63. The number of aliphatic hydroxyl groups excluding tert-OH is 1. The maximum absolute atomic E-state index is 12.6. The van der Waals surface area contributed by atoms with E-state index in [0.29, 0.717) is 27.3 Å². The Morgan fingerprint density at radius 1 is 1.06 bits per heavy atom. The Morgan fingerprint density at radius 3 is 2.62 bits per heavy atom. The van der Waals surface area contributed by atoms with E-state index in [4.69, 9.17) is 11.6 Å². The summed E-state index contributed by atoms with van der Waals surface area (Å²) < 4.78 is 0. The zero-order valence-electron chi connectivity index (χ0n) is 16.4. The smallest absolute Gasteiger partial charge is 0.261 e. The van der Waals surface area contributed by atoms with E-state index in [1.54, 1.807) is 30.3 Å². The first-order chi connectivity index (χ1) is 15.4. The lowest BCUT2D eigenvalue weighted by atomic mass is 10.1. The Morgan fingerprint density at radius 2 is 1.84 bits per heavy atom. The average molecular weight is 450 g/mol. The van der Waals surface area contributed by atoms with Crippen LogP contribution in [0, 0.1) is 0 Å². The number of H-pyrrole nitrogens is 2. The van der Waals surface area contributed by atoms with Crippen molar-refractivity contribution in [2.24, 2.45) is 0 Å². The number of hydrogen-bond donors (Lipinski definition) is 5. The number of aromatic nitrogens is 3. The average Bonchev–Trinajstić information content (AvgIpc) is 3.30. The van der Waals surface area contributed by atoms with Gasteiger partial charge in [0, 0.05) is 17.8 Å². The summed E-state index contributed by atoms with van der Waals surface area (Å²) >= 11 is 5.99. The monoisotopic (exact) mass is 449 g/mol. The van der Waals surface area contributed by atoms with Crippen molar-refractivity contribution in [3.63, 3.8) is 0 Å². The number of hydrogen-bond acceptors (Lipinski definition) is 6. The number of pyridine rings is 1. The molecule has 2 aromatic heterocycles. The van der Waals surface area contributed by atoms with E-state index in [-0.39, 0.29) is 29.1 Å². The molecular formula is C22H16ClN5O4. The molecule has 0 spiro atoms. The van der Waals surface area contributed by atoms with Crippen LogP contribution in [0.15, 0.2) is 53.5 Å². The summed E-state index contributed by atoms with van der Waals surface area (Å²) in [5, 5.41) is 16.3. The molecule has 0 aliphatic carbocycles. The number of carbonyl (C=O) groups excluding carboxylic acids is 2. The number of anilines is 1. The largest absolute Gasteiger partial charge is 0.387 e. The number of amides is 2. The SMILES string of the molecule is O=C1NC(=O)c2cc3[nH]c(-c4c(NCC(O)c5cccc(Cl)c5)cc[nH]c4=O)nc3cc21. The van der Waals surface area contributed by atoms with Crippen LogP contribution < -0.4 is 16.2 Å². The summed E-state index contributed by atoms with van der Waals surface area (Å²) in [7, 11) is 0. The molecule has 2 amide bonds. The molecule has 5 rings (SSSR count). The normalized spacial score (nSPS) is 13.8. The molecule has 1 aliphatic heterocycles. The second-order valence-electron chi connectivity index (χ2n) is 7.33. The van der Waals surface area contributed by atoms with Gasteiger partial charge in [-0.15, -0.1) is 0 Å². The zero-order chi connectivity index (χ0) is 22.4. The fourth-order valence-electron chi connectivity index (χ4n) is 3.69. The van der Waals surface area contributed by atoms with Crippen molar-refractivity contribution in [3.05, 3.63) is 80.7 Å². The number of halogens is 1. The first-order valence-corrected chi connectivity index (χ1v) is 10.1. The van der Waals surface area contributed by atoms with Gasteiger partial charge in [-0.2, -0.15) is 0 Å². The predicted molar refractivity (Wildman–Crippen MR) is 119 cm³/mol. The van der Waals surface area contributed by atoms with Gasteiger partial charge in [-0.1, -0.05) is 23.7 Å². The van der Waals surface area contributed by atoms with Crippen LogP contribution >= 0.6 is 11.6 Å². The molecule has 2 aromatic carbocycles. The maximum atomic E-state index is 12.6. The lowest BCUT2D eigenvalue weighted by Crippen LogP contribution is -2.19. The number of benzene rings is 2. The van der Waals surface area contributed by atoms with Gasteiger partial charge in [0.15, 0.2) is 0 Å². The van der Waals surface area contributed by atoms with Crippen LogP contribution in [0.25, 0.3) is 22.4 Å². The predicted octanol–water partition coefficient (Wildman–Crippen LogP) is 2.60. The van der Waals surface area contributed by atoms with E-state index < -0.39 is 23.5 Å². The third-order valence-corrected chi connectivity index (χ3v) is 5.49. The van der Waals surface area contributed by atoms with Crippen molar-refractivity contribution in [1.29, 1.82) is 0 Å². The molecule has 0 fully saturated rings. The van der Waals surface area contributed by atoms with Crippen molar-refractivity contribution < 1.29 is 14.7 Å². The summed E-state index contributed by atoms with van der Waals surface area (Å²) in [5.41, 5.74) is 2.38. The Bertz CT molecular complexity index is 1410. The molecule has 160 valence electrons. The highest BCUT2D eigenvalue weighted by Crippen LogP contribution is 2.28. The number of fused-ring (bicyclic) bond motifs is 2. The van der Waals surface area contributed by atoms with Crippen LogP contribution in [-0.2, 0) is 0 Å². The summed E-state index contributed by atoms with van der Waals surface area (Å²) in [6.45, 7) is 0.125. The lowest BCUT2D eigenvalue weighted by molar-refractivity contribution is 0.0879. The van der Waals surface area contributed by atoms with E-state index in [2.05, 4.69) is 25.6 Å². The first kappa shape index (κ1) is 20.0. The number of imidazole rings is 1. The number of nitrogens with one attached hydrogen (secondary N) is 4. The minimum atomic E-state index is -0.857. The van der Waals surface area contributed by atoms with Crippen molar-refractivity contribution >= 4 is 40.1 Å². The van der Waals surface area contributed by atoms with E-state index in [1.807, 2.05) is 0 Å². The van der Waals surface area contributed by atoms with Gasteiger partial charge in [-0.3, -0.25) is 19.7 Å². The third kappa shape index (κ3) is 3.43. The molecule has 32 heavy (non-hydrogen) atoms. The van der Waals surface area contributed by atoms with Crippen LogP contribution in [-0.4, -0.2) is 38.4 Å². The standard InChI is InChI=1S/C22H16ClN5O4/c23-11-3-1-2-10(6-11)17(29)9-25-14-4-5-24-22(32)18(14)19-26-15-7-12-13(8-16(15)27-19)21(31)28-20(12)30/h1-8,17,29H,9H2,(H,26,27)(H2,24,25,32)(H,28,30,31). The maximum Gasteiger partial charge on any atom is 0.261 e. The molecule has 9 nitrogen and oxygen atoms in total. The van der Waals surface area contributed by atoms with Gasteiger partial charge in [0.1, 0.15) is 11.4 Å². The number of imide groups is 1. The van der Waals surface area contributed by atoms with Gasteiger partial charge >= 0.3 is 0 Å². The molecule has 4 aromatic rings. The van der Waals surface area contributed by atoms with Crippen molar-refractivity contribution in [3.8, 4) is 11.4 Å². The van der Waals surface area contributed by atoms with E-state index in [0.717, 1.165) is 0 Å². The molecule has 0 bridgehead atoms. The first-order valence-electron chi connectivity index (χ1n) is 9.69. The molecular weight excluding hydrogens is 434 g/mol. The van der Waals surface area contributed by atoms with Gasteiger partial charge in [-0.05, 0) is 35.9 Å². The Kier molecular flexibility index (Phi) is 4.76. The van der Waals surface area contributed by atoms with Crippen LogP contribution in [0.1, 0.15) is 32.4 Å². The molecule has 1 unspecified atom stereocenters. The topological polar surface area (TPSA) is 140 Å².